The van der Waals surface area contributed by atoms with Gasteiger partial charge in [-0.1, -0.05) is 11.8 Å². The number of carboxylic acids is 1. The van der Waals surface area contributed by atoms with Gasteiger partial charge in [0.05, 0.1) is 6.61 Å². The summed E-state index contributed by atoms with van der Waals surface area (Å²) in [6, 6.07) is 1.67. The first-order valence-corrected chi connectivity index (χ1v) is 4.54. The molecule has 0 unspecified atom stereocenters. The quantitative estimate of drug-likeness (QED) is 0.698. The Labute approximate surface area is 79.6 Å². The first kappa shape index (κ1) is 9.78. The van der Waals surface area contributed by atoms with Crippen LogP contribution in [0.4, 0.5) is 0 Å². The molecule has 0 aromatic carbocycles. The van der Waals surface area contributed by atoms with Crippen LogP contribution in [0.5, 0.6) is 0 Å². The van der Waals surface area contributed by atoms with Crippen LogP contribution in [0, 0.1) is 11.8 Å². The summed E-state index contributed by atoms with van der Waals surface area (Å²) < 4.78 is 0. The van der Waals surface area contributed by atoms with Gasteiger partial charge in [-0.05, 0) is 11.4 Å². The van der Waals surface area contributed by atoms with Gasteiger partial charge in [-0.15, -0.1) is 11.3 Å². The number of carboxylic acid groups (broad SMARTS) is 1. The lowest BCUT2D eigenvalue weighted by atomic mass is 10.2. The van der Waals surface area contributed by atoms with Gasteiger partial charge in [0.1, 0.15) is 4.88 Å². The van der Waals surface area contributed by atoms with Crippen LogP contribution in [0.2, 0.25) is 0 Å². The molecule has 1 rings (SSSR count). The molecule has 0 spiro atoms. The zero-order valence-electron chi connectivity index (χ0n) is 6.78. The highest BCUT2D eigenvalue weighted by Crippen LogP contribution is 2.15. The summed E-state index contributed by atoms with van der Waals surface area (Å²) >= 11 is 1.15. The number of aliphatic hydroxyl groups excluding tert-OH is 1. The van der Waals surface area contributed by atoms with Crippen LogP contribution in [-0.4, -0.2) is 22.8 Å². The molecule has 0 radical (unpaired) electrons. The molecule has 0 aliphatic carbocycles. The molecule has 0 saturated heterocycles. The van der Waals surface area contributed by atoms with Crippen LogP contribution in [0.15, 0.2) is 11.4 Å². The number of hydrogen-bond donors (Lipinski definition) is 2. The van der Waals surface area contributed by atoms with E-state index in [0.29, 0.717) is 12.0 Å². The Morgan fingerprint density at radius 3 is 3.00 bits per heavy atom. The second-order valence-electron chi connectivity index (χ2n) is 2.24. The maximum atomic E-state index is 10.6. The average Bonchev–Trinajstić information content (AvgIpc) is 2.53. The fourth-order valence-corrected chi connectivity index (χ4v) is 1.47. The van der Waals surface area contributed by atoms with Gasteiger partial charge < -0.3 is 10.2 Å². The van der Waals surface area contributed by atoms with Crippen molar-refractivity contribution in [2.24, 2.45) is 0 Å². The largest absolute Gasteiger partial charge is 0.477 e. The van der Waals surface area contributed by atoms with Gasteiger partial charge in [-0.2, -0.15) is 0 Å². The van der Waals surface area contributed by atoms with Gasteiger partial charge in [0.2, 0.25) is 0 Å². The number of hydrogen-bond acceptors (Lipinski definition) is 3. The fraction of sp³-hybridized carbons (Fsp3) is 0.222. The van der Waals surface area contributed by atoms with Gasteiger partial charge in [0, 0.05) is 12.0 Å². The predicted octanol–water partition coefficient (Wildman–Crippen LogP) is 1.18. The molecule has 13 heavy (non-hydrogen) atoms. The van der Waals surface area contributed by atoms with Crippen molar-refractivity contribution < 1.29 is 15.0 Å². The molecule has 4 heteroatoms. The smallest absolute Gasteiger partial charge is 0.347 e. The standard InChI is InChI=1S/C9H8O3S/c10-5-2-1-3-7-4-6-13-8(7)9(11)12/h4,6,10H,2,5H2,(H,11,12). The van der Waals surface area contributed by atoms with Crippen molar-refractivity contribution >= 4 is 17.3 Å². The maximum absolute atomic E-state index is 10.6. The number of aromatic carboxylic acids is 1. The molecule has 1 aromatic heterocycles. The van der Waals surface area contributed by atoms with Gasteiger partial charge in [0.15, 0.2) is 0 Å². The van der Waals surface area contributed by atoms with E-state index >= 15 is 0 Å². The van der Waals surface area contributed by atoms with Crippen molar-refractivity contribution in [2.75, 3.05) is 6.61 Å². The van der Waals surface area contributed by atoms with Gasteiger partial charge in [0.25, 0.3) is 0 Å². The monoisotopic (exact) mass is 196 g/mol. The summed E-state index contributed by atoms with van der Waals surface area (Å²) in [6.45, 7) is -0.000454. The molecule has 0 amide bonds. The third-order valence-electron chi connectivity index (χ3n) is 1.32. The Kier molecular flexibility index (Phi) is 3.50. The molecule has 0 aliphatic rings. The van der Waals surface area contributed by atoms with Gasteiger partial charge in [-0.3, -0.25) is 0 Å². The van der Waals surface area contributed by atoms with Crippen LogP contribution < -0.4 is 0 Å². The van der Waals surface area contributed by atoms with Crippen LogP contribution in [0.1, 0.15) is 21.7 Å². The van der Waals surface area contributed by atoms with E-state index in [1.54, 1.807) is 11.4 Å². The minimum absolute atomic E-state index is 0.000454. The number of carbonyl (C=O) groups is 1. The van der Waals surface area contributed by atoms with Crippen LogP contribution in [-0.2, 0) is 0 Å². The Hall–Kier alpha value is -1.31. The third-order valence-corrected chi connectivity index (χ3v) is 2.22. The molecule has 1 aromatic rings. The third kappa shape index (κ3) is 2.58. The zero-order chi connectivity index (χ0) is 9.68. The number of rotatable bonds is 2. The van der Waals surface area contributed by atoms with E-state index in [0.717, 1.165) is 11.3 Å². The molecule has 3 nitrogen and oxygen atoms in total. The van der Waals surface area contributed by atoms with Crippen LogP contribution in [0.25, 0.3) is 0 Å². The lowest BCUT2D eigenvalue weighted by Crippen LogP contribution is -1.94. The van der Waals surface area contributed by atoms with Crippen molar-refractivity contribution in [3.8, 4) is 11.8 Å². The normalized spacial score (nSPS) is 9.00. The summed E-state index contributed by atoms with van der Waals surface area (Å²) in [5, 5.41) is 18.8. The second kappa shape index (κ2) is 4.65. The van der Waals surface area contributed by atoms with E-state index in [9.17, 15) is 4.79 Å². The molecular weight excluding hydrogens is 188 g/mol. The Morgan fingerprint density at radius 2 is 2.38 bits per heavy atom. The van der Waals surface area contributed by atoms with Crippen molar-refractivity contribution in [3.63, 3.8) is 0 Å². The summed E-state index contributed by atoms with van der Waals surface area (Å²) in [6.07, 6.45) is 0.370. The van der Waals surface area contributed by atoms with Crippen molar-refractivity contribution in [1.29, 1.82) is 0 Å². The fourth-order valence-electron chi connectivity index (χ4n) is 0.787. The lowest BCUT2D eigenvalue weighted by molar-refractivity contribution is 0.0702. The molecule has 0 saturated carbocycles. The van der Waals surface area contributed by atoms with E-state index in [1.807, 2.05) is 0 Å². The van der Waals surface area contributed by atoms with Crippen LogP contribution >= 0.6 is 11.3 Å². The molecule has 1 heterocycles. The van der Waals surface area contributed by atoms with E-state index < -0.39 is 5.97 Å². The second-order valence-corrected chi connectivity index (χ2v) is 3.16. The predicted molar refractivity (Wildman–Crippen MR) is 49.9 cm³/mol. The minimum atomic E-state index is -0.955. The highest BCUT2D eigenvalue weighted by atomic mass is 32.1. The Morgan fingerprint density at radius 1 is 1.62 bits per heavy atom. The highest BCUT2D eigenvalue weighted by Gasteiger charge is 2.08. The first-order chi connectivity index (χ1) is 6.25. The van der Waals surface area contributed by atoms with E-state index in [4.69, 9.17) is 10.2 Å². The molecule has 0 bridgehead atoms. The zero-order valence-corrected chi connectivity index (χ0v) is 7.60. The Bertz CT molecular complexity index is 356. The lowest BCUT2D eigenvalue weighted by Gasteiger charge is -1.87. The Balaban J connectivity index is 2.84. The SMILES string of the molecule is O=C(O)c1sccc1C#CCCO. The van der Waals surface area contributed by atoms with Crippen molar-refractivity contribution in [2.45, 2.75) is 6.42 Å². The van der Waals surface area contributed by atoms with E-state index in [1.165, 1.54) is 0 Å². The molecule has 0 fully saturated rings. The van der Waals surface area contributed by atoms with Crippen molar-refractivity contribution in [1.82, 2.24) is 0 Å². The summed E-state index contributed by atoms with van der Waals surface area (Å²) in [4.78, 5) is 10.9. The highest BCUT2D eigenvalue weighted by molar-refractivity contribution is 7.12. The summed E-state index contributed by atoms with van der Waals surface area (Å²) in [7, 11) is 0. The van der Waals surface area contributed by atoms with E-state index in [2.05, 4.69) is 11.8 Å². The maximum Gasteiger partial charge on any atom is 0.347 e. The molecular formula is C9H8O3S. The first-order valence-electron chi connectivity index (χ1n) is 3.66. The van der Waals surface area contributed by atoms with Crippen molar-refractivity contribution in [3.05, 3.63) is 21.9 Å². The number of aliphatic hydroxyl groups is 1. The van der Waals surface area contributed by atoms with Gasteiger partial charge >= 0.3 is 5.97 Å². The van der Waals surface area contributed by atoms with E-state index in [-0.39, 0.29) is 11.5 Å². The molecule has 0 aliphatic heterocycles. The minimum Gasteiger partial charge on any atom is -0.477 e. The van der Waals surface area contributed by atoms with Gasteiger partial charge in [-0.25, -0.2) is 4.79 Å². The molecule has 68 valence electrons. The molecule has 0 atom stereocenters. The summed E-state index contributed by atoms with van der Waals surface area (Å²) in [5.41, 5.74) is 0.519. The summed E-state index contributed by atoms with van der Waals surface area (Å²) in [5.74, 6) is 4.42. The van der Waals surface area contributed by atoms with Crippen LogP contribution in [0.3, 0.4) is 0 Å². The topological polar surface area (TPSA) is 57.5 Å². The number of thiophene rings is 1. The average molecular weight is 196 g/mol. The molecule has 2 N–H and O–H groups in total.